The van der Waals surface area contributed by atoms with Crippen molar-refractivity contribution in [3.63, 3.8) is 0 Å². The zero-order valence-electron chi connectivity index (χ0n) is 2.47. The summed E-state index contributed by atoms with van der Waals surface area (Å²) in [6.07, 6.45) is 0. The average Bonchev–Trinajstić information content (AvgIpc) is 1.41. The summed E-state index contributed by atoms with van der Waals surface area (Å²) in [7, 11) is -0.842. The Labute approximate surface area is 30.9 Å². The van der Waals surface area contributed by atoms with E-state index in [-0.39, 0.29) is 0 Å². The van der Waals surface area contributed by atoms with E-state index in [1.54, 1.807) is 0 Å². The minimum atomic E-state index is -0.842. The second-order valence-electron chi connectivity index (χ2n) is 0.357. The fourth-order valence-electron chi connectivity index (χ4n) is 0.0264. The van der Waals surface area contributed by atoms with E-state index in [9.17, 15) is 4.57 Å². The molecule has 0 aliphatic carbocycles. The number of hydrogen-bond acceptors (Lipinski definition) is 3. The number of hydrogen-bond donors (Lipinski definition) is 1. The van der Waals surface area contributed by atoms with Crippen LogP contribution in [0, 0.1) is 0 Å². The zero-order chi connectivity index (χ0) is 4.12. The van der Waals surface area contributed by atoms with E-state index in [1.807, 2.05) is 0 Å². The maximum atomic E-state index is 9.18. The van der Waals surface area contributed by atoms with E-state index < -0.39 is 15.5 Å². The summed E-state index contributed by atoms with van der Waals surface area (Å²) in [5.41, 5.74) is 0. The lowest BCUT2D eigenvalue weighted by Crippen LogP contribution is -1.72. The van der Waals surface area contributed by atoms with Crippen LogP contribution in [0.25, 0.3) is 0 Å². The molecule has 0 bridgehead atoms. The SMILES string of the molecule is O=[PH+]OCO. The average molecular weight is 95.0 g/mol. The van der Waals surface area contributed by atoms with Gasteiger partial charge in [-0.3, -0.25) is 0 Å². The van der Waals surface area contributed by atoms with Crippen molar-refractivity contribution in [2.24, 2.45) is 0 Å². The molecule has 0 heterocycles. The lowest BCUT2D eigenvalue weighted by molar-refractivity contribution is 0.111. The van der Waals surface area contributed by atoms with Crippen molar-refractivity contribution < 1.29 is 14.2 Å². The first-order valence-electron chi connectivity index (χ1n) is 1.01. The van der Waals surface area contributed by atoms with Crippen LogP contribution in [0.15, 0.2) is 0 Å². The van der Waals surface area contributed by atoms with Gasteiger partial charge in [-0.2, -0.15) is 0 Å². The van der Waals surface area contributed by atoms with E-state index in [1.165, 1.54) is 0 Å². The van der Waals surface area contributed by atoms with Crippen molar-refractivity contribution in [1.82, 2.24) is 0 Å². The first-order chi connectivity index (χ1) is 2.41. The summed E-state index contributed by atoms with van der Waals surface area (Å²) in [5.74, 6) is 0. The second kappa shape index (κ2) is 4.02. The monoisotopic (exact) mass is 95.0 g/mol. The van der Waals surface area contributed by atoms with Crippen LogP contribution < -0.4 is 0 Å². The van der Waals surface area contributed by atoms with Gasteiger partial charge in [-0.15, -0.1) is 4.52 Å². The predicted octanol–water partition coefficient (Wildman–Crippen LogP) is -0.108. The van der Waals surface area contributed by atoms with Gasteiger partial charge in [0.25, 0.3) is 0 Å². The third-order valence-electron chi connectivity index (χ3n) is 0.123. The molecule has 0 aliphatic rings. The molecule has 3 nitrogen and oxygen atoms in total. The molecule has 0 aromatic carbocycles. The Hall–Kier alpha value is 0.0200. The Morgan fingerprint density at radius 2 is 2.60 bits per heavy atom. The van der Waals surface area contributed by atoms with Gasteiger partial charge < -0.3 is 5.11 Å². The number of aliphatic hydroxyl groups is 1. The highest BCUT2D eigenvalue weighted by atomic mass is 31.1. The van der Waals surface area contributed by atoms with Crippen molar-refractivity contribution in [2.75, 3.05) is 6.79 Å². The summed E-state index contributed by atoms with van der Waals surface area (Å²) in [6.45, 7) is -0.456. The van der Waals surface area contributed by atoms with Gasteiger partial charge in [0.15, 0.2) is 6.79 Å². The Morgan fingerprint density at radius 3 is 2.60 bits per heavy atom. The lowest BCUT2D eigenvalue weighted by Gasteiger charge is -1.63. The Kier molecular flexibility index (Phi) is 4.04. The maximum Gasteiger partial charge on any atom is 0.496 e. The van der Waals surface area contributed by atoms with Crippen LogP contribution in [-0.4, -0.2) is 11.9 Å². The van der Waals surface area contributed by atoms with Crippen molar-refractivity contribution in [3.8, 4) is 0 Å². The van der Waals surface area contributed by atoms with Gasteiger partial charge in [0.2, 0.25) is 0 Å². The van der Waals surface area contributed by atoms with E-state index >= 15 is 0 Å². The van der Waals surface area contributed by atoms with Crippen LogP contribution in [0.1, 0.15) is 0 Å². The van der Waals surface area contributed by atoms with Gasteiger partial charge in [-0.25, -0.2) is 0 Å². The molecule has 0 fully saturated rings. The molecule has 0 amide bonds. The number of aliphatic hydroxyl groups excluding tert-OH is 1. The summed E-state index contributed by atoms with van der Waals surface area (Å²) in [6, 6.07) is 0. The molecule has 1 N–H and O–H groups in total. The normalized spacial score (nSPS) is 9.00. The highest BCUT2D eigenvalue weighted by Crippen LogP contribution is 1.87. The summed E-state index contributed by atoms with van der Waals surface area (Å²) < 4.78 is 13.0. The molecule has 4 heteroatoms. The summed E-state index contributed by atoms with van der Waals surface area (Å²) in [4.78, 5) is 0. The first kappa shape index (κ1) is 5.02. The predicted molar refractivity (Wildman–Crippen MR) is 17.2 cm³/mol. The Morgan fingerprint density at radius 1 is 2.00 bits per heavy atom. The summed E-state index contributed by atoms with van der Waals surface area (Å²) in [5, 5.41) is 7.65. The topological polar surface area (TPSA) is 46.5 Å². The molecule has 0 rings (SSSR count). The van der Waals surface area contributed by atoms with Crippen LogP contribution in [0.3, 0.4) is 0 Å². The minimum Gasteiger partial charge on any atom is -0.367 e. The van der Waals surface area contributed by atoms with E-state index in [0.717, 1.165) is 0 Å². The maximum absolute atomic E-state index is 9.18. The van der Waals surface area contributed by atoms with Crippen LogP contribution in [0.2, 0.25) is 0 Å². The second-order valence-corrected chi connectivity index (χ2v) is 0.812. The van der Waals surface area contributed by atoms with Crippen LogP contribution >= 0.6 is 8.69 Å². The van der Waals surface area contributed by atoms with Crippen molar-refractivity contribution in [2.45, 2.75) is 0 Å². The molecule has 1 atom stereocenters. The molecule has 30 valence electrons. The van der Waals surface area contributed by atoms with Gasteiger partial charge in [0.05, 0.1) is 0 Å². The molecule has 0 saturated carbocycles. The van der Waals surface area contributed by atoms with Crippen molar-refractivity contribution >= 4 is 8.69 Å². The highest BCUT2D eigenvalue weighted by molar-refractivity contribution is 7.17. The molecule has 1 unspecified atom stereocenters. The molecule has 0 aliphatic heterocycles. The van der Waals surface area contributed by atoms with Crippen molar-refractivity contribution in [3.05, 3.63) is 0 Å². The molecular weight excluding hydrogens is 91.0 g/mol. The van der Waals surface area contributed by atoms with E-state index in [2.05, 4.69) is 4.52 Å². The molecule has 0 radical (unpaired) electrons. The smallest absolute Gasteiger partial charge is 0.367 e. The minimum absolute atomic E-state index is 0.456. The summed E-state index contributed by atoms with van der Waals surface area (Å²) >= 11 is 0. The quantitative estimate of drug-likeness (QED) is 0.384. The largest absolute Gasteiger partial charge is 0.496 e. The molecular formula is CH4O3P+. The van der Waals surface area contributed by atoms with Gasteiger partial charge >= 0.3 is 8.69 Å². The third-order valence-corrected chi connectivity index (χ3v) is 0.370. The van der Waals surface area contributed by atoms with Crippen LogP contribution in [0.5, 0.6) is 0 Å². The molecule has 0 aromatic rings. The molecule has 0 spiro atoms. The van der Waals surface area contributed by atoms with Crippen molar-refractivity contribution in [1.29, 1.82) is 0 Å². The first-order valence-corrected chi connectivity index (χ1v) is 1.83. The Balaban J connectivity index is 2.40. The fraction of sp³-hybridized carbons (Fsp3) is 1.00. The fourth-order valence-corrected chi connectivity index (χ4v) is 0.0791. The Bertz CT molecular complexity index is 28.1. The van der Waals surface area contributed by atoms with Gasteiger partial charge in [-0.05, 0) is 4.57 Å². The molecule has 0 aromatic heterocycles. The third kappa shape index (κ3) is 4.02. The van der Waals surface area contributed by atoms with E-state index in [4.69, 9.17) is 5.11 Å². The highest BCUT2D eigenvalue weighted by Gasteiger charge is 1.78. The lowest BCUT2D eigenvalue weighted by atomic mass is 11.6. The van der Waals surface area contributed by atoms with Gasteiger partial charge in [0.1, 0.15) is 0 Å². The molecule has 0 saturated heterocycles. The van der Waals surface area contributed by atoms with E-state index in [0.29, 0.717) is 0 Å². The van der Waals surface area contributed by atoms with Crippen LogP contribution in [0.4, 0.5) is 0 Å². The van der Waals surface area contributed by atoms with Gasteiger partial charge in [-0.1, -0.05) is 0 Å². The molecule has 5 heavy (non-hydrogen) atoms. The van der Waals surface area contributed by atoms with Gasteiger partial charge in [0, 0.05) is 0 Å². The standard InChI is InChI=1S/CH4O3P/c2-1-4-5-3/h2,5H,1H2/q+1. The number of rotatable bonds is 2. The zero-order valence-corrected chi connectivity index (χ0v) is 3.47. The van der Waals surface area contributed by atoms with Crippen LogP contribution in [-0.2, 0) is 9.09 Å².